The number of allylic oxidation sites excluding steroid dienone is 1. The summed E-state index contributed by atoms with van der Waals surface area (Å²) in [5, 5.41) is 0. The number of hydrogen-bond donors (Lipinski definition) is 0. The fourth-order valence-electron chi connectivity index (χ4n) is 3.62. The Balaban J connectivity index is 1.38. The first kappa shape index (κ1) is 18.6. The number of nitrogens with zero attached hydrogens (tertiary/aromatic N) is 1. The van der Waals surface area contributed by atoms with E-state index in [-0.39, 0.29) is 5.78 Å². The van der Waals surface area contributed by atoms with Crippen LogP contribution in [0.4, 0.5) is 0 Å². The lowest BCUT2D eigenvalue weighted by atomic mass is 10.1. The highest BCUT2D eigenvalue weighted by molar-refractivity contribution is 6.14. The van der Waals surface area contributed by atoms with Gasteiger partial charge in [-0.2, -0.15) is 0 Å². The Labute approximate surface area is 165 Å². The summed E-state index contributed by atoms with van der Waals surface area (Å²) < 4.78 is 16.9. The van der Waals surface area contributed by atoms with E-state index >= 15 is 0 Å². The van der Waals surface area contributed by atoms with E-state index in [0.717, 1.165) is 30.0 Å². The zero-order valence-electron chi connectivity index (χ0n) is 16.1. The van der Waals surface area contributed by atoms with Crippen LogP contribution in [0.5, 0.6) is 17.2 Å². The van der Waals surface area contributed by atoms with Gasteiger partial charge in [0.05, 0.1) is 19.3 Å². The quantitative estimate of drug-likeness (QED) is 0.534. The first-order valence-corrected chi connectivity index (χ1v) is 9.80. The second kappa shape index (κ2) is 8.48. The van der Waals surface area contributed by atoms with Gasteiger partial charge in [-0.25, -0.2) is 0 Å². The van der Waals surface area contributed by atoms with Crippen molar-refractivity contribution in [3.63, 3.8) is 0 Å². The molecular weight excluding hydrogens is 354 g/mol. The van der Waals surface area contributed by atoms with Crippen LogP contribution in [0.15, 0.2) is 48.2 Å². The van der Waals surface area contributed by atoms with E-state index in [9.17, 15) is 4.79 Å². The first-order valence-electron chi connectivity index (χ1n) is 9.80. The van der Waals surface area contributed by atoms with Gasteiger partial charge in [-0.3, -0.25) is 4.79 Å². The van der Waals surface area contributed by atoms with Crippen molar-refractivity contribution in [1.82, 2.24) is 4.90 Å². The molecule has 0 bridgehead atoms. The molecule has 2 aromatic rings. The smallest absolute Gasteiger partial charge is 0.231 e. The number of ketones is 1. The summed E-state index contributed by atoms with van der Waals surface area (Å²) in [4.78, 5) is 15.1. The van der Waals surface area contributed by atoms with Crippen molar-refractivity contribution in [2.45, 2.75) is 19.3 Å². The number of methoxy groups -OCH3 is 1. The number of fused-ring (bicyclic) bond motifs is 1. The maximum atomic E-state index is 12.6. The third kappa shape index (κ3) is 4.20. The maximum Gasteiger partial charge on any atom is 0.231 e. The molecule has 0 atom stereocenters. The summed E-state index contributed by atoms with van der Waals surface area (Å²) in [6.45, 7) is 4.15. The van der Waals surface area contributed by atoms with E-state index in [2.05, 4.69) is 4.90 Å². The van der Waals surface area contributed by atoms with Crippen LogP contribution in [0.1, 0.15) is 35.2 Å². The fourth-order valence-corrected chi connectivity index (χ4v) is 3.62. The topological polar surface area (TPSA) is 48.0 Å². The van der Waals surface area contributed by atoms with Crippen molar-refractivity contribution in [2.75, 3.05) is 33.4 Å². The van der Waals surface area contributed by atoms with Crippen molar-refractivity contribution in [3.8, 4) is 17.2 Å². The predicted molar refractivity (Wildman–Crippen MR) is 108 cm³/mol. The highest BCUT2D eigenvalue weighted by atomic mass is 16.5. The molecule has 0 amide bonds. The van der Waals surface area contributed by atoms with Crippen molar-refractivity contribution in [2.24, 2.45) is 0 Å². The Morgan fingerprint density at radius 3 is 2.79 bits per heavy atom. The number of Topliss-reactive ketones (excluding diaryl/α,β-unsaturated/α-hetero) is 1. The van der Waals surface area contributed by atoms with Gasteiger partial charge < -0.3 is 19.1 Å². The number of carbonyl (C=O) groups is 1. The zero-order chi connectivity index (χ0) is 19.3. The van der Waals surface area contributed by atoms with Crippen LogP contribution >= 0.6 is 0 Å². The Morgan fingerprint density at radius 2 is 1.96 bits per heavy atom. The highest BCUT2D eigenvalue weighted by Gasteiger charge is 2.27. The third-order valence-electron chi connectivity index (χ3n) is 5.12. The molecule has 0 unspecified atom stereocenters. The van der Waals surface area contributed by atoms with E-state index in [1.807, 2.05) is 30.3 Å². The number of rotatable bonds is 7. The zero-order valence-corrected chi connectivity index (χ0v) is 16.1. The van der Waals surface area contributed by atoms with E-state index in [0.29, 0.717) is 23.7 Å². The van der Waals surface area contributed by atoms with Crippen LogP contribution in [-0.4, -0.2) is 44.0 Å². The van der Waals surface area contributed by atoms with Gasteiger partial charge in [0.15, 0.2) is 5.76 Å². The Hall–Kier alpha value is -2.79. The Morgan fingerprint density at radius 1 is 1.11 bits per heavy atom. The summed E-state index contributed by atoms with van der Waals surface area (Å²) in [5.74, 6) is 2.22. The van der Waals surface area contributed by atoms with Gasteiger partial charge in [-0.1, -0.05) is 12.1 Å². The number of hydrogen-bond acceptors (Lipinski definition) is 5. The number of benzene rings is 2. The van der Waals surface area contributed by atoms with Crippen LogP contribution in [-0.2, 0) is 0 Å². The molecule has 2 aliphatic rings. The minimum absolute atomic E-state index is 0.113. The monoisotopic (exact) mass is 379 g/mol. The molecule has 2 aromatic carbocycles. The second-order valence-electron chi connectivity index (χ2n) is 7.13. The lowest BCUT2D eigenvalue weighted by molar-refractivity contribution is 0.101. The van der Waals surface area contributed by atoms with Crippen LogP contribution in [0, 0.1) is 0 Å². The molecule has 0 N–H and O–H groups in total. The molecule has 0 aliphatic carbocycles. The lowest BCUT2D eigenvalue weighted by Gasteiger charge is -2.14. The SMILES string of the molecule is COc1cccc(/C=C2\Oc3cc(OCCCN4CCCC4)ccc3C2=O)c1. The average Bonchev–Trinajstić information content (AvgIpc) is 3.34. The highest BCUT2D eigenvalue weighted by Crippen LogP contribution is 2.35. The molecule has 0 radical (unpaired) electrons. The molecule has 4 rings (SSSR count). The predicted octanol–water partition coefficient (Wildman–Crippen LogP) is 4.18. The van der Waals surface area contributed by atoms with Gasteiger partial charge in [0.25, 0.3) is 0 Å². The van der Waals surface area contributed by atoms with Crippen molar-refractivity contribution in [1.29, 1.82) is 0 Å². The normalized spacial score (nSPS) is 17.6. The standard InChI is InChI=1S/C23H25NO4/c1-26-18-7-4-6-17(14-18)15-22-23(25)20-9-8-19(16-21(20)28-22)27-13-5-12-24-10-2-3-11-24/h4,6-9,14-16H,2-3,5,10-13H2,1H3/b22-15-. The molecule has 5 heteroatoms. The van der Waals surface area contributed by atoms with Gasteiger partial charge in [-0.15, -0.1) is 0 Å². The van der Waals surface area contributed by atoms with Crippen LogP contribution < -0.4 is 14.2 Å². The molecule has 1 fully saturated rings. The Bertz CT molecular complexity index is 884. The van der Waals surface area contributed by atoms with Gasteiger partial charge in [0.2, 0.25) is 5.78 Å². The number of carbonyl (C=O) groups excluding carboxylic acids is 1. The number of likely N-dealkylation sites (tertiary alicyclic amines) is 1. The first-order chi connectivity index (χ1) is 13.7. The van der Waals surface area contributed by atoms with Gasteiger partial charge >= 0.3 is 0 Å². The molecule has 146 valence electrons. The van der Waals surface area contributed by atoms with Gasteiger partial charge in [0, 0.05) is 12.6 Å². The average molecular weight is 379 g/mol. The van der Waals surface area contributed by atoms with Crippen molar-refractivity contribution >= 4 is 11.9 Å². The summed E-state index contributed by atoms with van der Waals surface area (Å²) >= 11 is 0. The van der Waals surface area contributed by atoms with Crippen molar-refractivity contribution in [3.05, 3.63) is 59.4 Å². The van der Waals surface area contributed by atoms with E-state index < -0.39 is 0 Å². The molecule has 1 saturated heterocycles. The molecule has 2 aliphatic heterocycles. The van der Waals surface area contributed by atoms with Crippen LogP contribution in [0.2, 0.25) is 0 Å². The minimum atomic E-state index is -0.113. The van der Waals surface area contributed by atoms with Crippen LogP contribution in [0.3, 0.4) is 0 Å². The summed E-state index contributed by atoms with van der Waals surface area (Å²) in [5.41, 5.74) is 1.42. The van der Waals surface area contributed by atoms with E-state index in [1.54, 1.807) is 25.3 Å². The summed E-state index contributed by atoms with van der Waals surface area (Å²) in [6.07, 6.45) is 5.35. The van der Waals surface area contributed by atoms with Gasteiger partial charge in [-0.05, 0) is 68.3 Å². The summed E-state index contributed by atoms with van der Waals surface area (Å²) in [7, 11) is 1.62. The van der Waals surface area contributed by atoms with Crippen molar-refractivity contribution < 1.29 is 19.0 Å². The van der Waals surface area contributed by atoms with E-state index in [1.165, 1.54) is 25.9 Å². The molecule has 5 nitrogen and oxygen atoms in total. The minimum Gasteiger partial charge on any atom is -0.497 e. The molecule has 0 saturated carbocycles. The number of ether oxygens (including phenoxy) is 3. The molecular formula is C23H25NO4. The largest absolute Gasteiger partial charge is 0.497 e. The maximum absolute atomic E-state index is 12.6. The van der Waals surface area contributed by atoms with Crippen LogP contribution in [0.25, 0.3) is 6.08 Å². The molecule has 0 aromatic heterocycles. The molecule has 0 spiro atoms. The fraction of sp³-hybridized carbons (Fsp3) is 0.348. The molecule has 2 heterocycles. The second-order valence-corrected chi connectivity index (χ2v) is 7.13. The lowest BCUT2D eigenvalue weighted by Crippen LogP contribution is -2.21. The molecule has 28 heavy (non-hydrogen) atoms. The summed E-state index contributed by atoms with van der Waals surface area (Å²) in [6, 6.07) is 12.9. The van der Waals surface area contributed by atoms with Gasteiger partial charge in [0.1, 0.15) is 17.2 Å². The van der Waals surface area contributed by atoms with E-state index in [4.69, 9.17) is 14.2 Å². The third-order valence-corrected chi connectivity index (χ3v) is 5.12. The Kier molecular flexibility index (Phi) is 5.63.